The highest BCUT2D eigenvalue weighted by molar-refractivity contribution is 7.79. The van der Waals surface area contributed by atoms with Crippen molar-refractivity contribution >= 4 is 10.4 Å². The standard InChI is InChI=1S/C14H30O.H2O4S/c1-3-4-5-6-8-11-14(2)12-9-7-10-13-15;1-5(2,3)4/h14-15H,3-13H2,1-2H3;(H2,1,2,3,4). The van der Waals surface area contributed by atoms with E-state index in [4.69, 9.17) is 22.6 Å². The molecule has 0 aromatic carbocycles. The summed E-state index contributed by atoms with van der Waals surface area (Å²) in [6.45, 7) is 5.01. The Bertz CT molecular complexity index is 269. The Morgan fingerprint density at radius 1 is 0.850 bits per heavy atom. The van der Waals surface area contributed by atoms with Gasteiger partial charge >= 0.3 is 10.4 Å². The fraction of sp³-hybridized carbons (Fsp3) is 1.00. The van der Waals surface area contributed by atoms with Gasteiger partial charge in [0.25, 0.3) is 0 Å². The van der Waals surface area contributed by atoms with Gasteiger partial charge in [-0.1, -0.05) is 71.6 Å². The van der Waals surface area contributed by atoms with Gasteiger partial charge in [-0.3, -0.25) is 9.11 Å². The van der Waals surface area contributed by atoms with E-state index < -0.39 is 10.4 Å². The molecule has 0 aromatic rings. The molecule has 1 atom stereocenters. The molecule has 0 aliphatic carbocycles. The SMILES string of the molecule is CCCCCCCC(C)CCCCCO.O=S(=O)(O)O. The van der Waals surface area contributed by atoms with Crippen LogP contribution in [-0.4, -0.2) is 29.2 Å². The number of rotatable bonds is 11. The maximum absolute atomic E-state index is 8.74. The summed E-state index contributed by atoms with van der Waals surface area (Å²) in [6.07, 6.45) is 13.3. The summed E-state index contributed by atoms with van der Waals surface area (Å²) in [5, 5.41) is 8.66. The Hall–Kier alpha value is -0.170. The summed E-state index contributed by atoms with van der Waals surface area (Å²) < 4.78 is 31.6. The smallest absolute Gasteiger partial charge is 0.394 e. The topological polar surface area (TPSA) is 94.8 Å². The zero-order valence-electron chi connectivity index (χ0n) is 12.9. The van der Waals surface area contributed by atoms with Crippen molar-refractivity contribution in [2.75, 3.05) is 6.61 Å². The van der Waals surface area contributed by atoms with Crippen LogP contribution in [0.3, 0.4) is 0 Å². The molecule has 0 saturated carbocycles. The third-order valence-corrected chi connectivity index (χ3v) is 3.16. The van der Waals surface area contributed by atoms with Crippen LogP contribution in [0.25, 0.3) is 0 Å². The first-order valence-corrected chi connectivity index (χ1v) is 9.01. The summed E-state index contributed by atoms with van der Waals surface area (Å²) >= 11 is 0. The second-order valence-electron chi connectivity index (χ2n) is 5.33. The highest BCUT2D eigenvalue weighted by atomic mass is 32.3. The zero-order valence-corrected chi connectivity index (χ0v) is 13.7. The van der Waals surface area contributed by atoms with E-state index in [-0.39, 0.29) is 0 Å². The predicted molar refractivity (Wildman–Crippen MR) is 82.3 cm³/mol. The molecule has 20 heavy (non-hydrogen) atoms. The molecule has 124 valence electrons. The van der Waals surface area contributed by atoms with Crippen LogP contribution in [0, 0.1) is 5.92 Å². The van der Waals surface area contributed by atoms with Gasteiger partial charge in [-0.15, -0.1) is 0 Å². The predicted octanol–water partition coefficient (Wildman–Crippen LogP) is 3.88. The van der Waals surface area contributed by atoms with Crippen LogP contribution in [0.5, 0.6) is 0 Å². The summed E-state index contributed by atoms with van der Waals surface area (Å²) in [7, 11) is -4.67. The van der Waals surface area contributed by atoms with Crippen molar-refractivity contribution in [3.8, 4) is 0 Å². The van der Waals surface area contributed by atoms with Crippen molar-refractivity contribution in [3.63, 3.8) is 0 Å². The minimum absolute atomic E-state index is 0.366. The lowest BCUT2D eigenvalue weighted by Crippen LogP contribution is -1.95. The molecule has 0 aliphatic heterocycles. The average Bonchev–Trinajstić information content (AvgIpc) is 2.32. The number of aliphatic hydroxyl groups is 1. The lowest BCUT2D eigenvalue weighted by atomic mass is 9.96. The van der Waals surface area contributed by atoms with Crippen LogP contribution >= 0.6 is 0 Å². The molecule has 6 heteroatoms. The van der Waals surface area contributed by atoms with Crippen LogP contribution in [0.2, 0.25) is 0 Å². The molecule has 0 fully saturated rings. The van der Waals surface area contributed by atoms with E-state index in [1.54, 1.807) is 0 Å². The van der Waals surface area contributed by atoms with Gasteiger partial charge in [-0.2, -0.15) is 8.42 Å². The fourth-order valence-electron chi connectivity index (χ4n) is 2.02. The number of hydrogen-bond acceptors (Lipinski definition) is 3. The quantitative estimate of drug-likeness (QED) is 0.397. The van der Waals surface area contributed by atoms with E-state index in [0.717, 1.165) is 12.3 Å². The second-order valence-corrected chi connectivity index (χ2v) is 6.22. The zero-order chi connectivity index (χ0) is 15.9. The van der Waals surface area contributed by atoms with E-state index in [0.29, 0.717) is 6.61 Å². The Kier molecular flexibility index (Phi) is 16.8. The number of aliphatic hydroxyl groups excluding tert-OH is 1. The Morgan fingerprint density at radius 2 is 1.25 bits per heavy atom. The third-order valence-electron chi connectivity index (χ3n) is 3.16. The van der Waals surface area contributed by atoms with Gasteiger partial charge in [0, 0.05) is 6.61 Å². The molecule has 0 saturated heterocycles. The van der Waals surface area contributed by atoms with E-state index in [9.17, 15) is 0 Å². The molecule has 1 unspecified atom stereocenters. The molecule has 0 rings (SSSR count). The van der Waals surface area contributed by atoms with Gasteiger partial charge in [0.05, 0.1) is 0 Å². The van der Waals surface area contributed by atoms with Gasteiger partial charge in [0.15, 0.2) is 0 Å². The molecule has 3 N–H and O–H groups in total. The van der Waals surface area contributed by atoms with Crippen molar-refractivity contribution in [2.24, 2.45) is 5.92 Å². The molecule has 0 radical (unpaired) electrons. The molecule has 0 aliphatic rings. The first-order chi connectivity index (χ1) is 9.31. The molecular formula is C14H32O5S. The van der Waals surface area contributed by atoms with Gasteiger partial charge in [-0.05, 0) is 12.3 Å². The minimum atomic E-state index is -4.67. The molecule has 0 bridgehead atoms. The average molecular weight is 312 g/mol. The Morgan fingerprint density at radius 3 is 1.65 bits per heavy atom. The van der Waals surface area contributed by atoms with Crippen LogP contribution in [-0.2, 0) is 10.4 Å². The Labute approximate surface area is 124 Å². The van der Waals surface area contributed by atoms with Gasteiger partial charge < -0.3 is 5.11 Å². The normalized spacial score (nSPS) is 12.7. The summed E-state index contributed by atoms with van der Waals surface area (Å²) in [4.78, 5) is 0. The van der Waals surface area contributed by atoms with Gasteiger partial charge in [0.1, 0.15) is 0 Å². The fourth-order valence-corrected chi connectivity index (χ4v) is 2.02. The molecule has 5 nitrogen and oxygen atoms in total. The highest BCUT2D eigenvalue weighted by Crippen LogP contribution is 2.17. The number of unbranched alkanes of at least 4 members (excludes halogenated alkanes) is 6. The largest absolute Gasteiger partial charge is 0.396 e. The van der Waals surface area contributed by atoms with Crippen LogP contribution < -0.4 is 0 Å². The molecule has 0 spiro atoms. The summed E-state index contributed by atoms with van der Waals surface area (Å²) in [5.41, 5.74) is 0. The lowest BCUT2D eigenvalue weighted by molar-refractivity contribution is 0.280. The lowest BCUT2D eigenvalue weighted by Gasteiger charge is -2.10. The van der Waals surface area contributed by atoms with Gasteiger partial charge in [0.2, 0.25) is 0 Å². The third kappa shape index (κ3) is 30.7. The van der Waals surface area contributed by atoms with Crippen molar-refractivity contribution < 1.29 is 22.6 Å². The van der Waals surface area contributed by atoms with Crippen LogP contribution in [0.1, 0.15) is 78.1 Å². The van der Waals surface area contributed by atoms with Crippen molar-refractivity contribution in [1.82, 2.24) is 0 Å². The van der Waals surface area contributed by atoms with Gasteiger partial charge in [-0.25, -0.2) is 0 Å². The highest BCUT2D eigenvalue weighted by Gasteiger charge is 2.01. The van der Waals surface area contributed by atoms with E-state index >= 15 is 0 Å². The summed E-state index contributed by atoms with van der Waals surface area (Å²) in [6, 6.07) is 0. The second kappa shape index (κ2) is 15.2. The first kappa shape index (κ1) is 22.1. The van der Waals surface area contributed by atoms with E-state index in [2.05, 4.69) is 13.8 Å². The summed E-state index contributed by atoms with van der Waals surface area (Å²) in [5.74, 6) is 0.894. The first-order valence-electron chi connectivity index (χ1n) is 7.62. The van der Waals surface area contributed by atoms with Crippen LogP contribution in [0.15, 0.2) is 0 Å². The molecule has 0 heterocycles. The maximum Gasteiger partial charge on any atom is 0.394 e. The molecular weight excluding hydrogens is 280 g/mol. The maximum atomic E-state index is 8.74. The Balaban J connectivity index is 0. The van der Waals surface area contributed by atoms with Crippen molar-refractivity contribution in [2.45, 2.75) is 78.1 Å². The van der Waals surface area contributed by atoms with Crippen LogP contribution in [0.4, 0.5) is 0 Å². The molecule has 0 aromatic heterocycles. The minimum Gasteiger partial charge on any atom is -0.396 e. The van der Waals surface area contributed by atoms with E-state index in [1.807, 2.05) is 0 Å². The monoisotopic (exact) mass is 312 g/mol. The van der Waals surface area contributed by atoms with Crippen molar-refractivity contribution in [1.29, 1.82) is 0 Å². The van der Waals surface area contributed by atoms with Crippen molar-refractivity contribution in [3.05, 3.63) is 0 Å². The van der Waals surface area contributed by atoms with E-state index in [1.165, 1.54) is 57.8 Å². The molecule has 0 amide bonds. The number of hydrogen-bond donors (Lipinski definition) is 3.